The summed E-state index contributed by atoms with van der Waals surface area (Å²) < 4.78 is 14.9. The van der Waals surface area contributed by atoms with Crippen molar-refractivity contribution in [2.75, 3.05) is 13.7 Å². The number of nitrogens with zero attached hydrogens (tertiary/aromatic N) is 1. The Kier molecular flexibility index (Phi) is 5.92. The zero-order valence-corrected chi connectivity index (χ0v) is 15.9. The summed E-state index contributed by atoms with van der Waals surface area (Å²) >= 11 is 0. The van der Waals surface area contributed by atoms with Crippen LogP contribution in [0, 0.1) is 0 Å². The fourth-order valence-corrected chi connectivity index (χ4v) is 3.01. The first kappa shape index (κ1) is 20.5. The maximum Gasteiger partial charge on any atom is 0.408 e. The van der Waals surface area contributed by atoms with Crippen molar-refractivity contribution < 1.29 is 33.4 Å². The lowest BCUT2D eigenvalue weighted by Crippen LogP contribution is -2.72. The van der Waals surface area contributed by atoms with Gasteiger partial charge in [-0.15, -0.1) is 0 Å². The van der Waals surface area contributed by atoms with E-state index in [0.29, 0.717) is 6.42 Å². The first-order valence-electron chi connectivity index (χ1n) is 8.52. The molecule has 0 radical (unpaired) electrons. The number of carbonyl (C=O) groups is 4. The number of alkyl carbamates (subject to hydrolysis) is 1. The molecule has 0 aliphatic carbocycles. The summed E-state index contributed by atoms with van der Waals surface area (Å²) in [6, 6.07) is -1.30. The van der Waals surface area contributed by atoms with Crippen LogP contribution in [0.25, 0.3) is 0 Å². The van der Waals surface area contributed by atoms with Gasteiger partial charge in [0.05, 0.1) is 18.7 Å². The van der Waals surface area contributed by atoms with Crippen molar-refractivity contribution in [3.8, 4) is 0 Å². The fraction of sp³-hybridized carbons (Fsp3) is 0.556. The standard InChI is InChI=1S/C18H24N2O7/c1-6-9-26-16(23)13-10(15(22)25-5)7-8-11-12(14(21)20(11)13)19-17(24)27-18(2,3)4/h6,11-12H,1,7-9H2,2-5H3,(H,19,24)/t11-,12+/m1/s1. The van der Waals surface area contributed by atoms with Crippen LogP contribution >= 0.6 is 0 Å². The van der Waals surface area contributed by atoms with E-state index in [4.69, 9.17) is 14.2 Å². The van der Waals surface area contributed by atoms with E-state index in [9.17, 15) is 19.2 Å². The molecule has 0 aromatic rings. The fourth-order valence-electron chi connectivity index (χ4n) is 3.01. The molecule has 27 heavy (non-hydrogen) atoms. The van der Waals surface area contributed by atoms with Gasteiger partial charge in [0.25, 0.3) is 5.91 Å². The summed E-state index contributed by atoms with van der Waals surface area (Å²) in [6.07, 6.45) is 1.25. The molecular formula is C18H24N2O7. The predicted molar refractivity (Wildman–Crippen MR) is 93.2 cm³/mol. The topological polar surface area (TPSA) is 111 Å². The second kappa shape index (κ2) is 7.81. The molecule has 0 spiro atoms. The quantitative estimate of drug-likeness (QED) is 0.328. The van der Waals surface area contributed by atoms with Gasteiger partial charge in [0, 0.05) is 0 Å². The summed E-state index contributed by atoms with van der Waals surface area (Å²) in [5, 5.41) is 2.52. The molecule has 1 saturated heterocycles. The molecule has 2 aliphatic rings. The average molecular weight is 380 g/mol. The van der Waals surface area contributed by atoms with Crippen LogP contribution in [0.15, 0.2) is 23.9 Å². The van der Waals surface area contributed by atoms with Crippen LogP contribution in [0.5, 0.6) is 0 Å². The number of methoxy groups -OCH3 is 1. The van der Waals surface area contributed by atoms with Gasteiger partial charge < -0.3 is 19.5 Å². The summed E-state index contributed by atoms with van der Waals surface area (Å²) in [6.45, 7) is 8.52. The van der Waals surface area contributed by atoms with Gasteiger partial charge in [-0.2, -0.15) is 0 Å². The highest BCUT2D eigenvalue weighted by molar-refractivity contribution is 6.06. The summed E-state index contributed by atoms with van der Waals surface area (Å²) in [4.78, 5) is 50.1. The molecule has 9 nitrogen and oxygen atoms in total. The first-order chi connectivity index (χ1) is 12.6. The first-order valence-corrected chi connectivity index (χ1v) is 8.52. The van der Waals surface area contributed by atoms with Gasteiger partial charge in [0.1, 0.15) is 23.9 Å². The number of fused-ring (bicyclic) bond motifs is 1. The Morgan fingerprint density at radius 3 is 2.52 bits per heavy atom. The van der Waals surface area contributed by atoms with Crippen LogP contribution in [-0.2, 0) is 28.6 Å². The van der Waals surface area contributed by atoms with Crippen LogP contribution < -0.4 is 5.32 Å². The highest BCUT2D eigenvalue weighted by Crippen LogP contribution is 2.37. The largest absolute Gasteiger partial charge is 0.466 e. The monoisotopic (exact) mass is 380 g/mol. The van der Waals surface area contributed by atoms with E-state index in [1.54, 1.807) is 20.8 Å². The zero-order valence-electron chi connectivity index (χ0n) is 15.9. The molecule has 0 aromatic heterocycles. The van der Waals surface area contributed by atoms with Crippen molar-refractivity contribution in [3.63, 3.8) is 0 Å². The van der Waals surface area contributed by atoms with Crippen molar-refractivity contribution in [2.24, 2.45) is 0 Å². The lowest BCUT2D eigenvalue weighted by molar-refractivity contribution is -0.156. The van der Waals surface area contributed by atoms with E-state index in [1.165, 1.54) is 18.1 Å². The zero-order chi connectivity index (χ0) is 20.4. The highest BCUT2D eigenvalue weighted by atomic mass is 16.6. The number of ether oxygens (including phenoxy) is 3. The van der Waals surface area contributed by atoms with E-state index >= 15 is 0 Å². The highest BCUT2D eigenvalue weighted by Gasteiger charge is 2.54. The maximum atomic E-state index is 12.6. The van der Waals surface area contributed by atoms with Gasteiger partial charge in [-0.25, -0.2) is 14.4 Å². The van der Waals surface area contributed by atoms with Gasteiger partial charge in [-0.1, -0.05) is 12.7 Å². The van der Waals surface area contributed by atoms with Gasteiger partial charge in [0.15, 0.2) is 0 Å². The molecule has 1 N–H and O–H groups in total. The minimum atomic E-state index is -0.832. The minimum Gasteiger partial charge on any atom is -0.466 e. The second-order valence-electron chi connectivity index (χ2n) is 7.14. The van der Waals surface area contributed by atoms with Crippen molar-refractivity contribution in [3.05, 3.63) is 23.9 Å². The smallest absolute Gasteiger partial charge is 0.408 e. The summed E-state index contributed by atoms with van der Waals surface area (Å²) in [5.41, 5.74) is -0.778. The molecule has 1 fully saturated rings. The Hall–Kier alpha value is -2.84. The Morgan fingerprint density at radius 1 is 1.30 bits per heavy atom. The SMILES string of the molecule is C=CCOC(=O)C1=C(C(=O)OC)CC[C@@H]2[C@H](NC(=O)OC(C)(C)C)C(=O)N12. The molecule has 148 valence electrons. The van der Waals surface area contributed by atoms with Gasteiger partial charge in [0.2, 0.25) is 0 Å². The number of carbonyl (C=O) groups excluding carboxylic acids is 4. The number of amides is 2. The molecule has 2 aliphatic heterocycles. The van der Waals surface area contributed by atoms with Crippen molar-refractivity contribution in [1.82, 2.24) is 10.2 Å². The molecule has 2 amide bonds. The Balaban J connectivity index is 2.22. The lowest BCUT2D eigenvalue weighted by atomic mass is 9.83. The molecular weight excluding hydrogens is 356 g/mol. The van der Waals surface area contributed by atoms with E-state index < -0.39 is 41.6 Å². The van der Waals surface area contributed by atoms with Crippen LogP contribution in [-0.4, -0.2) is 60.2 Å². The molecule has 2 atom stereocenters. The third-order valence-corrected chi connectivity index (χ3v) is 4.07. The van der Waals surface area contributed by atoms with Gasteiger partial charge in [-0.3, -0.25) is 9.69 Å². The third-order valence-electron chi connectivity index (χ3n) is 4.07. The van der Waals surface area contributed by atoms with Crippen LogP contribution in [0.3, 0.4) is 0 Å². The number of hydrogen-bond acceptors (Lipinski definition) is 7. The molecule has 0 aromatic carbocycles. The number of hydrogen-bond donors (Lipinski definition) is 1. The molecule has 2 rings (SSSR count). The molecule has 0 saturated carbocycles. The summed E-state index contributed by atoms with van der Waals surface area (Å²) in [5.74, 6) is -2.03. The van der Waals surface area contributed by atoms with Gasteiger partial charge >= 0.3 is 18.0 Å². The Labute approximate surface area is 157 Å². The normalized spacial score (nSPS) is 21.6. The van der Waals surface area contributed by atoms with Gasteiger partial charge in [-0.05, 0) is 33.6 Å². The Morgan fingerprint density at radius 2 is 1.96 bits per heavy atom. The van der Waals surface area contributed by atoms with E-state index in [-0.39, 0.29) is 24.3 Å². The molecule has 9 heteroatoms. The van der Waals surface area contributed by atoms with Crippen molar-refractivity contribution in [1.29, 1.82) is 0 Å². The van der Waals surface area contributed by atoms with E-state index in [1.807, 2.05) is 0 Å². The third kappa shape index (κ3) is 4.29. The maximum absolute atomic E-state index is 12.6. The number of β-lactam (4-membered cyclic amide) rings is 1. The Bertz CT molecular complexity index is 705. The molecule has 2 heterocycles. The number of rotatable bonds is 5. The summed E-state index contributed by atoms with van der Waals surface area (Å²) in [7, 11) is 1.19. The minimum absolute atomic E-state index is 0.0664. The van der Waals surface area contributed by atoms with Crippen LogP contribution in [0.2, 0.25) is 0 Å². The van der Waals surface area contributed by atoms with Crippen molar-refractivity contribution in [2.45, 2.75) is 51.3 Å². The van der Waals surface area contributed by atoms with Crippen molar-refractivity contribution >= 4 is 23.9 Å². The number of esters is 2. The number of nitrogens with one attached hydrogen (secondary N) is 1. The molecule has 0 unspecified atom stereocenters. The predicted octanol–water partition coefficient (Wildman–Crippen LogP) is 1.04. The van der Waals surface area contributed by atoms with Crippen LogP contribution in [0.4, 0.5) is 4.79 Å². The molecule has 0 bridgehead atoms. The average Bonchev–Trinajstić information content (AvgIpc) is 2.60. The second-order valence-corrected chi connectivity index (χ2v) is 7.14. The lowest BCUT2D eigenvalue weighted by Gasteiger charge is -2.49. The van der Waals surface area contributed by atoms with E-state index in [0.717, 1.165) is 0 Å². The van der Waals surface area contributed by atoms with Crippen LogP contribution in [0.1, 0.15) is 33.6 Å². The van der Waals surface area contributed by atoms with E-state index in [2.05, 4.69) is 11.9 Å².